The molecule has 2 aromatic rings. The summed E-state index contributed by atoms with van der Waals surface area (Å²) < 4.78 is 27.3. The summed E-state index contributed by atoms with van der Waals surface area (Å²) in [6, 6.07) is 11.5. The molecular formula is C14H10Br2F2. The molecule has 0 aromatic heterocycles. The lowest BCUT2D eigenvalue weighted by Gasteiger charge is -2.11. The van der Waals surface area contributed by atoms with E-state index in [-0.39, 0.29) is 4.83 Å². The van der Waals surface area contributed by atoms with Crippen molar-refractivity contribution in [3.63, 3.8) is 0 Å². The third kappa shape index (κ3) is 3.39. The van der Waals surface area contributed by atoms with Crippen molar-refractivity contribution in [1.29, 1.82) is 0 Å². The summed E-state index contributed by atoms with van der Waals surface area (Å²) in [5.74, 6) is -1.05. The molecule has 0 nitrogen and oxygen atoms in total. The van der Waals surface area contributed by atoms with E-state index in [4.69, 9.17) is 0 Å². The zero-order valence-corrected chi connectivity index (χ0v) is 12.5. The maximum absolute atomic E-state index is 13.5. The van der Waals surface area contributed by atoms with Crippen LogP contribution < -0.4 is 0 Å². The molecule has 0 heterocycles. The summed E-state index contributed by atoms with van der Waals surface area (Å²) in [7, 11) is 0. The molecule has 0 aliphatic carbocycles. The van der Waals surface area contributed by atoms with Crippen LogP contribution in [0, 0.1) is 11.6 Å². The van der Waals surface area contributed by atoms with Gasteiger partial charge in [-0.2, -0.15) is 0 Å². The topological polar surface area (TPSA) is 0 Å². The van der Waals surface area contributed by atoms with E-state index in [0.29, 0.717) is 12.0 Å². The Labute approximate surface area is 121 Å². The summed E-state index contributed by atoms with van der Waals surface area (Å²) in [5.41, 5.74) is 1.56. The van der Waals surface area contributed by atoms with Gasteiger partial charge in [-0.3, -0.25) is 0 Å². The van der Waals surface area contributed by atoms with Gasteiger partial charge in [-0.1, -0.05) is 50.1 Å². The summed E-state index contributed by atoms with van der Waals surface area (Å²) in [6.45, 7) is 0. The number of halogens is 4. The van der Waals surface area contributed by atoms with Gasteiger partial charge in [-0.25, -0.2) is 8.78 Å². The average molecular weight is 376 g/mol. The van der Waals surface area contributed by atoms with E-state index in [1.165, 1.54) is 12.1 Å². The standard InChI is InChI=1S/C14H10Br2F2/c15-11-4-1-9(2-5-11)13(16)7-10-3-6-12(17)8-14(10)18/h1-6,8,13H,7H2. The zero-order chi connectivity index (χ0) is 13.1. The second kappa shape index (κ2) is 5.93. The van der Waals surface area contributed by atoms with E-state index in [0.717, 1.165) is 16.1 Å². The minimum atomic E-state index is -0.550. The van der Waals surface area contributed by atoms with Crippen LogP contribution in [0.1, 0.15) is 16.0 Å². The van der Waals surface area contributed by atoms with Gasteiger partial charge in [0, 0.05) is 15.4 Å². The van der Waals surface area contributed by atoms with Crippen molar-refractivity contribution < 1.29 is 8.78 Å². The van der Waals surface area contributed by atoms with Crippen LogP contribution in [0.2, 0.25) is 0 Å². The van der Waals surface area contributed by atoms with Gasteiger partial charge in [-0.15, -0.1) is 0 Å². The van der Waals surface area contributed by atoms with E-state index in [1.807, 2.05) is 24.3 Å². The molecule has 1 atom stereocenters. The van der Waals surface area contributed by atoms with Crippen LogP contribution >= 0.6 is 31.9 Å². The Morgan fingerprint density at radius 2 is 1.67 bits per heavy atom. The van der Waals surface area contributed by atoms with Crippen LogP contribution in [0.3, 0.4) is 0 Å². The van der Waals surface area contributed by atoms with Crippen LogP contribution in [-0.4, -0.2) is 0 Å². The first kappa shape index (κ1) is 13.7. The maximum Gasteiger partial charge on any atom is 0.129 e. The monoisotopic (exact) mass is 374 g/mol. The number of alkyl halides is 1. The molecule has 0 saturated heterocycles. The molecular weight excluding hydrogens is 366 g/mol. The molecule has 1 unspecified atom stereocenters. The van der Waals surface area contributed by atoms with E-state index in [2.05, 4.69) is 31.9 Å². The van der Waals surface area contributed by atoms with Gasteiger partial charge >= 0.3 is 0 Å². The highest BCUT2D eigenvalue weighted by atomic mass is 79.9. The lowest BCUT2D eigenvalue weighted by Crippen LogP contribution is -1.98. The van der Waals surface area contributed by atoms with Crippen molar-refractivity contribution in [2.45, 2.75) is 11.2 Å². The molecule has 4 heteroatoms. The van der Waals surface area contributed by atoms with Crippen LogP contribution in [0.5, 0.6) is 0 Å². The molecule has 0 aliphatic heterocycles. The highest BCUT2D eigenvalue weighted by molar-refractivity contribution is 9.10. The molecule has 2 aromatic carbocycles. The fraction of sp³-hybridized carbons (Fsp3) is 0.143. The summed E-state index contributed by atoms with van der Waals surface area (Å²) in [4.78, 5) is 0.00515. The quantitative estimate of drug-likeness (QED) is 0.629. The molecule has 2 rings (SSSR count). The van der Waals surface area contributed by atoms with E-state index in [9.17, 15) is 8.78 Å². The number of rotatable bonds is 3. The Morgan fingerprint density at radius 3 is 2.28 bits per heavy atom. The predicted molar refractivity (Wildman–Crippen MR) is 75.9 cm³/mol. The van der Waals surface area contributed by atoms with E-state index >= 15 is 0 Å². The van der Waals surface area contributed by atoms with Gasteiger partial charge in [0.15, 0.2) is 0 Å². The molecule has 0 aliphatic rings. The highest BCUT2D eigenvalue weighted by Gasteiger charge is 2.12. The van der Waals surface area contributed by atoms with Gasteiger partial charge < -0.3 is 0 Å². The highest BCUT2D eigenvalue weighted by Crippen LogP contribution is 2.29. The average Bonchev–Trinajstić information content (AvgIpc) is 2.33. The summed E-state index contributed by atoms with van der Waals surface area (Å²) in [6.07, 6.45) is 0.480. The van der Waals surface area contributed by atoms with Crippen molar-refractivity contribution in [3.05, 3.63) is 69.7 Å². The SMILES string of the molecule is Fc1ccc(CC(Br)c2ccc(Br)cc2)c(F)c1. The Bertz CT molecular complexity index is 538. The molecule has 0 N–H and O–H groups in total. The van der Waals surface area contributed by atoms with Crippen molar-refractivity contribution in [2.75, 3.05) is 0 Å². The Kier molecular flexibility index (Phi) is 4.51. The first-order valence-corrected chi connectivity index (χ1v) is 7.10. The maximum atomic E-state index is 13.5. The smallest absolute Gasteiger partial charge is 0.129 e. The number of hydrogen-bond acceptors (Lipinski definition) is 0. The van der Waals surface area contributed by atoms with Crippen molar-refractivity contribution in [3.8, 4) is 0 Å². The van der Waals surface area contributed by atoms with Crippen molar-refractivity contribution in [2.24, 2.45) is 0 Å². The summed E-state index contributed by atoms with van der Waals surface area (Å²) in [5, 5.41) is 0. The second-order valence-electron chi connectivity index (χ2n) is 3.96. The molecule has 18 heavy (non-hydrogen) atoms. The predicted octanol–water partition coefficient (Wildman–Crippen LogP) is 5.41. The number of hydrogen-bond donors (Lipinski definition) is 0. The van der Waals surface area contributed by atoms with E-state index in [1.54, 1.807) is 0 Å². The Morgan fingerprint density at radius 1 is 1.00 bits per heavy atom. The molecule has 0 saturated carbocycles. The molecule has 94 valence electrons. The van der Waals surface area contributed by atoms with Crippen molar-refractivity contribution >= 4 is 31.9 Å². The van der Waals surface area contributed by atoms with Gasteiger partial charge in [0.2, 0.25) is 0 Å². The van der Waals surface area contributed by atoms with Crippen LogP contribution in [0.25, 0.3) is 0 Å². The largest absolute Gasteiger partial charge is 0.207 e. The van der Waals surface area contributed by atoms with Gasteiger partial charge in [-0.05, 0) is 35.7 Å². The molecule has 0 spiro atoms. The minimum absolute atomic E-state index is 0.00515. The first-order chi connectivity index (χ1) is 8.56. The fourth-order valence-corrected chi connectivity index (χ4v) is 2.59. The Hall–Kier alpha value is -0.740. The van der Waals surface area contributed by atoms with Gasteiger partial charge in [0.05, 0.1) is 0 Å². The van der Waals surface area contributed by atoms with Gasteiger partial charge in [0.1, 0.15) is 11.6 Å². The zero-order valence-electron chi connectivity index (χ0n) is 9.34. The van der Waals surface area contributed by atoms with Crippen LogP contribution in [-0.2, 0) is 6.42 Å². The third-order valence-corrected chi connectivity index (χ3v) is 4.03. The summed E-state index contributed by atoms with van der Waals surface area (Å²) >= 11 is 6.89. The third-order valence-electron chi connectivity index (χ3n) is 2.65. The first-order valence-electron chi connectivity index (χ1n) is 5.40. The lowest BCUT2D eigenvalue weighted by molar-refractivity contribution is 0.571. The molecule has 0 fully saturated rings. The molecule has 0 radical (unpaired) electrons. The minimum Gasteiger partial charge on any atom is -0.207 e. The normalized spacial score (nSPS) is 12.4. The van der Waals surface area contributed by atoms with E-state index < -0.39 is 11.6 Å². The lowest BCUT2D eigenvalue weighted by atomic mass is 10.0. The Balaban J connectivity index is 2.15. The van der Waals surface area contributed by atoms with Gasteiger partial charge in [0.25, 0.3) is 0 Å². The molecule has 0 amide bonds. The molecule has 0 bridgehead atoms. The second-order valence-corrected chi connectivity index (χ2v) is 5.98. The van der Waals surface area contributed by atoms with Crippen LogP contribution in [0.15, 0.2) is 46.9 Å². The van der Waals surface area contributed by atoms with Crippen molar-refractivity contribution in [1.82, 2.24) is 0 Å². The number of benzene rings is 2. The van der Waals surface area contributed by atoms with Crippen LogP contribution in [0.4, 0.5) is 8.78 Å². The fourth-order valence-electron chi connectivity index (χ4n) is 1.67.